The summed E-state index contributed by atoms with van der Waals surface area (Å²) in [6.07, 6.45) is 0.842. The molecule has 0 aliphatic carbocycles. The van der Waals surface area contributed by atoms with Gasteiger partial charge in [-0.15, -0.1) is 0 Å². The van der Waals surface area contributed by atoms with Gasteiger partial charge in [0.15, 0.2) is 0 Å². The third-order valence-electron chi connectivity index (χ3n) is 5.20. The molecule has 1 aliphatic rings. The van der Waals surface area contributed by atoms with Crippen molar-refractivity contribution in [3.05, 3.63) is 63.7 Å². The second-order valence-corrected chi connectivity index (χ2v) is 8.19. The van der Waals surface area contributed by atoms with E-state index in [4.69, 9.17) is 11.6 Å². The zero-order chi connectivity index (χ0) is 21.0. The SMILES string of the molecule is Cc1cccc(C(=O)N2CCCN(CC(=O)Nc3c(C)cc(C)cc3Cl)CC2)c1. The number of nitrogens with one attached hydrogen (secondary N) is 1. The molecule has 0 saturated carbocycles. The monoisotopic (exact) mass is 413 g/mol. The fourth-order valence-electron chi connectivity index (χ4n) is 3.75. The number of nitrogens with zero attached hydrogens (tertiary/aromatic N) is 2. The zero-order valence-electron chi connectivity index (χ0n) is 17.3. The normalized spacial score (nSPS) is 15.1. The Kier molecular flexibility index (Phi) is 6.93. The van der Waals surface area contributed by atoms with Crippen LogP contribution in [0, 0.1) is 20.8 Å². The zero-order valence-corrected chi connectivity index (χ0v) is 18.1. The third-order valence-corrected chi connectivity index (χ3v) is 5.50. The van der Waals surface area contributed by atoms with E-state index in [9.17, 15) is 9.59 Å². The van der Waals surface area contributed by atoms with Crippen molar-refractivity contribution in [3.63, 3.8) is 0 Å². The molecule has 5 nitrogen and oxygen atoms in total. The average molecular weight is 414 g/mol. The van der Waals surface area contributed by atoms with E-state index >= 15 is 0 Å². The standard InChI is InChI=1S/C23H28ClN3O2/c1-16-6-4-7-19(13-16)23(29)27-9-5-8-26(10-11-27)15-21(28)25-22-18(3)12-17(2)14-20(22)24/h4,6-7,12-14H,5,8-11,15H2,1-3H3,(H,25,28). The van der Waals surface area contributed by atoms with Gasteiger partial charge in [0, 0.05) is 31.7 Å². The second kappa shape index (κ2) is 9.42. The molecule has 29 heavy (non-hydrogen) atoms. The number of anilines is 1. The van der Waals surface area contributed by atoms with Crippen LogP contribution in [-0.2, 0) is 4.79 Å². The summed E-state index contributed by atoms with van der Waals surface area (Å²) in [6.45, 7) is 8.97. The molecule has 6 heteroatoms. The first-order chi connectivity index (χ1) is 13.8. The molecular formula is C23H28ClN3O2. The van der Waals surface area contributed by atoms with Crippen molar-refractivity contribution < 1.29 is 9.59 Å². The van der Waals surface area contributed by atoms with Gasteiger partial charge in [-0.25, -0.2) is 0 Å². The second-order valence-electron chi connectivity index (χ2n) is 7.78. The maximum absolute atomic E-state index is 12.8. The quantitative estimate of drug-likeness (QED) is 0.822. The predicted octanol–water partition coefficient (Wildman–Crippen LogP) is 4.05. The van der Waals surface area contributed by atoms with Gasteiger partial charge in [0.25, 0.3) is 5.91 Å². The molecule has 1 aliphatic heterocycles. The van der Waals surface area contributed by atoms with E-state index in [0.29, 0.717) is 30.3 Å². The molecule has 0 bridgehead atoms. The van der Waals surface area contributed by atoms with Crippen LogP contribution in [-0.4, -0.2) is 54.3 Å². The van der Waals surface area contributed by atoms with Crippen LogP contribution in [0.5, 0.6) is 0 Å². The lowest BCUT2D eigenvalue weighted by atomic mass is 10.1. The van der Waals surface area contributed by atoms with Crippen LogP contribution in [0.1, 0.15) is 33.5 Å². The molecular weight excluding hydrogens is 386 g/mol. The number of hydrogen-bond acceptors (Lipinski definition) is 3. The number of benzene rings is 2. The maximum Gasteiger partial charge on any atom is 0.253 e. The summed E-state index contributed by atoms with van der Waals surface area (Å²) in [4.78, 5) is 29.3. The number of hydrogen-bond donors (Lipinski definition) is 1. The van der Waals surface area contributed by atoms with Crippen molar-refractivity contribution in [1.82, 2.24) is 9.80 Å². The molecule has 1 heterocycles. The summed E-state index contributed by atoms with van der Waals surface area (Å²) in [5.41, 5.74) is 4.49. The van der Waals surface area contributed by atoms with E-state index in [0.717, 1.165) is 35.2 Å². The fraction of sp³-hybridized carbons (Fsp3) is 0.391. The molecule has 2 aromatic carbocycles. The lowest BCUT2D eigenvalue weighted by Crippen LogP contribution is -2.38. The summed E-state index contributed by atoms with van der Waals surface area (Å²) in [5.74, 6) is -0.0284. The van der Waals surface area contributed by atoms with Crippen molar-refractivity contribution >= 4 is 29.1 Å². The highest BCUT2D eigenvalue weighted by Gasteiger charge is 2.22. The molecule has 0 radical (unpaired) electrons. The first-order valence-corrected chi connectivity index (χ1v) is 10.4. The summed E-state index contributed by atoms with van der Waals surface area (Å²) in [6, 6.07) is 11.5. The van der Waals surface area contributed by atoms with E-state index in [2.05, 4.69) is 10.2 Å². The number of amides is 2. The molecule has 0 unspecified atom stereocenters. The fourth-order valence-corrected chi connectivity index (χ4v) is 4.12. The average Bonchev–Trinajstić information content (AvgIpc) is 2.89. The van der Waals surface area contributed by atoms with Gasteiger partial charge in [-0.3, -0.25) is 14.5 Å². The minimum absolute atomic E-state index is 0.0575. The van der Waals surface area contributed by atoms with E-state index in [-0.39, 0.29) is 18.4 Å². The van der Waals surface area contributed by atoms with Crippen LogP contribution in [0.2, 0.25) is 5.02 Å². The first kappa shape index (κ1) is 21.3. The molecule has 2 amide bonds. The molecule has 1 fully saturated rings. The summed E-state index contributed by atoms with van der Waals surface area (Å²) in [5, 5.41) is 3.50. The highest BCUT2D eigenvalue weighted by molar-refractivity contribution is 6.34. The van der Waals surface area contributed by atoms with Crippen molar-refractivity contribution in [3.8, 4) is 0 Å². The number of aryl methyl sites for hydroxylation is 3. The van der Waals surface area contributed by atoms with Crippen molar-refractivity contribution in [2.75, 3.05) is 38.0 Å². The van der Waals surface area contributed by atoms with Crippen molar-refractivity contribution in [2.45, 2.75) is 27.2 Å². The molecule has 1 saturated heterocycles. The molecule has 1 N–H and O–H groups in total. The van der Waals surface area contributed by atoms with Gasteiger partial charge < -0.3 is 10.2 Å². The Morgan fingerprint density at radius 1 is 1.00 bits per heavy atom. The summed E-state index contributed by atoms with van der Waals surface area (Å²) >= 11 is 6.30. The molecule has 3 rings (SSSR count). The largest absolute Gasteiger partial charge is 0.337 e. The lowest BCUT2D eigenvalue weighted by molar-refractivity contribution is -0.117. The van der Waals surface area contributed by atoms with Crippen LogP contribution in [0.15, 0.2) is 36.4 Å². The predicted molar refractivity (Wildman–Crippen MR) is 118 cm³/mol. The minimum atomic E-state index is -0.0858. The van der Waals surface area contributed by atoms with Gasteiger partial charge in [0.05, 0.1) is 17.3 Å². The Bertz CT molecular complexity index is 890. The first-order valence-electron chi connectivity index (χ1n) is 9.98. The van der Waals surface area contributed by atoms with Gasteiger partial charge in [-0.2, -0.15) is 0 Å². The Hall–Kier alpha value is -2.37. The van der Waals surface area contributed by atoms with Crippen molar-refractivity contribution in [2.24, 2.45) is 0 Å². The maximum atomic E-state index is 12.8. The number of carbonyl (C=O) groups is 2. The molecule has 0 atom stereocenters. The minimum Gasteiger partial charge on any atom is -0.337 e. The van der Waals surface area contributed by atoms with Gasteiger partial charge in [-0.05, 0) is 56.5 Å². The highest BCUT2D eigenvalue weighted by atomic mass is 35.5. The third kappa shape index (κ3) is 5.58. The molecule has 2 aromatic rings. The van der Waals surface area contributed by atoms with E-state index < -0.39 is 0 Å². The van der Waals surface area contributed by atoms with E-state index in [1.807, 2.05) is 62.1 Å². The highest BCUT2D eigenvalue weighted by Crippen LogP contribution is 2.27. The van der Waals surface area contributed by atoms with Crippen LogP contribution < -0.4 is 5.32 Å². The van der Waals surface area contributed by atoms with Crippen LogP contribution in [0.25, 0.3) is 0 Å². The molecule has 0 spiro atoms. The van der Waals surface area contributed by atoms with E-state index in [1.54, 1.807) is 0 Å². The van der Waals surface area contributed by atoms with Gasteiger partial charge in [0.1, 0.15) is 0 Å². The smallest absolute Gasteiger partial charge is 0.253 e. The summed E-state index contributed by atoms with van der Waals surface area (Å²) < 4.78 is 0. The van der Waals surface area contributed by atoms with Gasteiger partial charge in [0.2, 0.25) is 5.91 Å². The Balaban J connectivity index is 1.57. The topological polar surface area (TPSA) is 52.7 Å². The van der Waals surface area contributed by atoms with Gasteiger partial charge in [-0.1, -0.05) is 35.4 Å². The van der Waals surface area contributed by atoms with Crippen LogP contribution in [0.3, 0.4) is 0 Å². The van der Waals surface area contributed by atoms with Crippen molar-refractivity contribution in [1.29, 1.82) is 0 Å². The van der Waals surface area contributed by atoms with Crippen LogP contribution >= 0.6 is 11.6 Å². The Labute approximate surface area is 177 Å². The number of carbonyl (C=O) groups excluding carboxylic acids is 2. The molecule has 0 aromatic heterocycles. The number of halogens is 1. The number of rotatable bonds is 4. The molecule has 154 valence electrons. The van der Waals surface area contributed by atoms with Gasteiger partial charge >= 0.3 is 0 Å². The lowest BCUT2D eigenvalue weighted by Gasteiger charge is -2.22. The summed E-state index contributed by atoms with van der Waals surface area (Å²) in [7, 11) is 0. The Morgan fingerprint density at radius 2 is 1.79 bits per heavy atom. The van der Waals surface area contributed by atoms with Crippen LogP contribution in [0.4, 0.5) is 5.69 Å². The van der Waals surface area contributed by atoms with E-state index in [1.165, 1.54) is 0 Å². The Morgan fingerprint density at radius 3 is 2.52 bits per heavy atom.